The summed E-state index contributed by atoms with van der Waals surface area (Å²) >= 11 is 0. The number of amides is 3. The Bertz CT molecular complexity index is 819. The predicted molar refractivity (Wildman–Crippen MR) is 103 cm³/mol. The first kappa shape index (κ1) is 17.8. The third kappa shape index (κ3) is 4.33. The van der Waals surface area contributed by atoms with E-state index in [1.807, 2.05) is 25.1 Å². The molecule has 6 heteroatoms. The Hall–Kier alpha value is -3.02. The zero-order valence-corrected chi connectivity index (χ0v) is 14.9. The van der Waals surface area contributed by atoms with Gasteiger partial charge in [-0.05, 0) is 42.2 Å². The van der Waals surface area contributed by atoms with Crippen LogP contribution in [-0.4, -0.2) is 29.9 Å². The van der Waals surface area contributed by atoms with Crippen molar-refractivity contribution in [1.29, 1.82) is 0 Å². The Kier molecular flexibility index (Phi) is 5.41. The van der Waals surface area contributed by atoms with Gasteiger partial charge in [-0.2, -0.15) is 0 Å². The second-order valence-corrected chi connectivity index (χ2v) is 6.54. The summed E-state index contributed by atoms with van der Waals surface area (Å²) in [4.78, 5) is 26.2. The molecule has 0 saturated heterocycles. The van der Waals surface area contributed by atoms with Crippen molar-refractivity contribution in [2.45, 2.75) is 26.3 Å². The SMILES string of the molecule is Cc1ccc(N)cc1NC(=O)CCNC(=O)N1CCc2ccccc2C1. The summed E-state index contributed by atoms with van der Waals surface area (Å²) in [6, 6.07) is 13.4. The van der Waals surface area contributed by atoms with Crippen molar-refractivity contribution < 1.29 is 9.59 Å². The maximum absolute atomic E-state index is 12.3. The lowest BCUT2D eigenvalue weighted by Gasteiger charge is -2.28. The molecule has 0 radical (unpaired) electrons. The van der Waals surface area contributed by atoms with Crippen LogP contribution in [0.4, 0.5) is 16.2 Å². The highest BCUT2D eigenvalue weighted by atomic mass is 16.2. The smallest absolute Gasteiger partial charge is 0.317 e. The molecule has 1 aliphatic heterocycles. The number of rotatable bonds is 4. The van der Waals surface area contributed by atoms with Gasteiger partial charge in [0.1, 0.15) is 0 Å². The van der Waals surface area contributed by atoms with E-state index in [1.165, 1.54) is 11.1 Å². The van der Waals surface area contributed by atoms with E-state index in [2.05, 4.69) is 22.8 Å². The van der Waals surface area contributed by atoms with Crippen LogP contribution in [0.3, 0.4) is 0 Å². The minimum absolute atomic E-state index is 0.132. The minimum Gasteiger partial charge on any atom is -0.399 e. The fraction of sp³-hybridized carbons (Fsp3) is 0.300. The molecule has 3 rings (SSSR count). The number of carbonyl (C=O) groups excluding carboxylic acids is 2. The lowest BCUT2D eigenvalue weighted by atomic mass is 10.0. The summed E-state index contributed by atoms with van der Waals surface area (Å²) < 4.78 is 0. The lowest BCUT2D eigenvalue weighted by molar-refractivity contribution is -0.116. The van der Waals surface area contributed by atoms with Crippen molar-refractivity contribution in [3.63, 3.8) is 0 Å². The highest BCUT2D eigenvalue weighted by Crippen LogP contribution is 2.19. The summed E-state index contributed by atoms with van der Waals surface area (Å²) in [6.45, 7) is 3.50. The van der Waals surface area contributed by atoms with E-state index in [1.54, 1.807) is 17.0 Å². The van der Waals surface area contributed by atoms with E-state index < -0.39 is 0 Å². The van der Waals surface area contributed by atoms with Gasteiger partial charge in [0.15, 0.2) is 0 Å². The van der Waals surface area contributed by atoms with Gasteiger partial charge in [-0.1, -0.05) is 30.3 Å². The largest absolute Gasteiger partial charge is 0.399 e. The van der Waals surface area contributed by atoms with E-state index in [9.17, 15) is 9.59 Å². The summed E-state index contributed by atoms with van der Waals surface area (Å²) in [5.41, 5.74) is 10.5. The van der Waals surface area contributed by atoms with Crippen LogP contribution in [0.2, 0.25) is 0 Å². The van der Waals surface area contributed by atoms with Crippen molar-refractivity contribution in [1.82, 2.24) is 10.2 Å². The average Bonchev–Trinajstić information content (AvgIpc) is 2.64. The molecular formula is C20H24N4O2. The number of nitrogens with two attached hydrogens (primary N) is 1. The fourth-order valence-electron chi connectivity index (χ4n) is 3.05. The standard InChI is InChI=1S/C20H24N4O2/c1-14-6-7-17(21)12-18(14)23-19(25)8-10-22-20(26)24-11-9-15-4-2-3-5-16(15)13-24/h2-7,12H,8-11,13,21H2,1H3,(H,22,26)(H,23,25). The maximum atomic E-state index is 12.3. The molecule has 4 N–H and O–H groups in total. The molecule has 0 bridgehead atoms. The molecule has 1 aliphatic rings. The number of aryl methyl sites for hydroxylation is 1. The second kappa shape index (κ2) is 7.91. The number of hydrogen-bond donors (Lipinski definition) is 3. The molecule has 2 aromatic carbocycles. The quantitative estimate of drug-likeness (QED) is 0.739. The van der Waals surface area contributed by atoms with Crippen LogP contribution in [0, 0.1) is 6.92 Å². The third-order valence-corrected chi connectivity index (χ3v) is 4.58. The number of fused-ring (bicyclic) bond motifs is 1. The summed E-state index contributed by atoms with van der Waals surface area (Å²) in [6.07, 6.45) is 1.07. The third-order valence-electron chi connectivity index (χ3n) is 4.58. The van der Waals surface area contributed by atoms with Crippen LogP contribution in [0.25, 0.3) is 0 Å². The van der Waals surface area contributed by atoms with E-state index in [4.69, 9.17) is 5.73 Å². The summed E-state index contributed by atoms with van der Waals surface area (Å²) in [7, 11) is 0. The van der Waals surface area contributed by atoms with Gasteiger partial charge in [0.25, 0.3) is 0 Å². The molecule has 6 nitrogen and oxygen atoms in total. The number of nitrogen functional groups attached to an aromatic ring is 1. The lowest BCUT2D eigenvalue weighted by Crippen LogP contribution is -2.43. The molecule has 0 saturated carbocycles. The number of urea groups is 1. The van der Waals surface area contributed by atoms with Crippen LogP contribution < -0.4 is 16.4 Å². The average molecular weight is 352 g/mol. The van der Waals surface area contributed by atoms with Gasteiger partial charge in [-0.25, -0.2) is 4.79 Å². The van der Waals surface area contributed by atoms with Gasteiger partial charge in [0.05, 0.1) is 0 Å². The van der Waals surface area contributed by atoms with Crippen molar-refractivity contribution in [3.8, 4) is 0 Å². The molecule has 26 heavy (non-hydrogen) atoms. The van der Waals surface area contributed by atoms with E-state index >= 15 is 0 Å². The first-order valence-electron chi connectivity index (χ1n) is 8.78. The number of benzene rings is 2. The highest BCUT2D eigenvalue weighted by Gasteiger charge is 2.20. The van der Waals surface area contributed by atoms with Crippen molar-refractivity contribution in [2.75, 3.05) is 24.1 Å². The molecule has 136 valence electrons. The van der Waals surface area contributed by atoms with E-state index in [0.717, 1.165) is 12.0 Å². The summed E-state index contributed by atoms with van der Waals surface area (Å²) in [5.74, 6) is -0.150. The van der Waals surface area contributed by atoms with Crippen molar-refractivity contribution >= 4 is 23.3 Å². The second-order valence-electron chi connectivity index (χ2n) is 6.54. The van der Waals surface area contributed by atoms with E-state index in [-0.39, 0.29) is 18.4 Å². The Morgan fingerprint density at radius 1 is 1.15 bits per heavy atom. The Morgan fingerprint density at radius 3 is 2.73 bits per heavy atom. The number of nitrogens with one attached hydrogen (secondary N) is 2. The van der Waals surface area contributed by atoms with Crippen molar-refractivity contribution in [2.24, 2.45) is 0 Å². The van der Waals surface area contributed by atoms with Gasteiger partial charge in [0.2, 0.25) is 5.91 Å². The van der Waals surface area contributed by atoms with Gasteiger partial charge in [0, 0.05) is 37.4 Å². The Balaban J connectivity index is 1.45. The topological polar surface area (TPSA) is 87.5 Å². The van der Waals surface area contributed by atoms with Crippen LogP contribution in [0.15, 0.2) is 42.5 Å². The maximum Gasteiger partial charge on any atom is 0.317 e. The molecule has 1 heterocycles. The predicted octanol–water partition coefficient (Wildman–Crippen LogP) is 2.67. The number of hydrogen-bond acceptors (Lipinski definition) is 3. The zero-order valence-electron chi connectivity index (χ0n) is 14.9. The van der Waals surface area contributed by atoms with Crippen molar-refractivity contribution in [3.05, 3.63) is 59.2 Å². The molecule has 3 amide bonds. The number of carbonyl (C=O) groups is 2. The van der Waals surface area contributed by atoms with Gasteiger partial charge in [-0.3, -0.25) is 4.79 Å². The summed E-state index contributed by atoms with van der Waals surface area (Å²) in [5, 5.41) is 5.66. The molecule has 0 fully saturated rings. The van der Waals surface area contributed by atoms with Crippen LogP contribution in [0.1, 0.15) is 23.1 Å². The molecular weight excluding hydrogens is 328 g/mol. The van der Waals surface area contributed by atoms with Crippen LogP contribution in [0.5, 0.6) is 0 Å². The Labute approximate surface area is 153 Å². The van der Waals surface area contributed by atoms with Gasteiger partial charge in [-0.15, -0.1) is 0 Å². The molecule has 0 aromatic heterocycles. The monoisotopic (exact) mass is 352 g/mol. The number of nitrogens with zero attached hydrogens (tertiary/aromatic N) is 1. The number of anilines is 2. The van der Waals surface area contributed by atoms with Crippen LogP contribution in [-0.2, 0) is 17.8 Å². The molecule has 0 spiro atoms. The zero-order chi connectivity index (χ0) is 18.5. The van der Waals surface area contributed by atoms with E-state index in [0.29, 0.717) is 31.0 Å². The fourth-order valence-corrected chi connectivity index (χ4v) is 3.05. The van der Waals surface area contributed by atoms with Gasteiger partial charge >= 0.3 is 6.03 Å². The Morgan fingerprint density at radius 2 is 1.92 bits per heavy atom. The first-order chi connectivity index (χ1) is 12.5. The molecule has 0 aliphatic carbocycles. The van der Waals surface area contributed by atoms with Crippen LogP contribution >= 0.6 is 0 Å². The van der Waals surface area contributed by atoms with Gasteiger partial charge < -0.3 is 21.3 Å². The normalized spacial score (nSPS) is 13.0. The molecule has 2 aromatic rings. The molecule has 0 unspecified atom stereocenters. The molecule has 0 atom stereocenters. The highest BCUT2D eigenvalue weighted by molar-refractivity contribution is 5.92. The first-order valence-corrected chi connectivity index (χ1v) is 8.78. The minimum atomic E-state index is -0.150.